The van der Waals surface area contributed by atoms with Gasteiger partial charge in [0.15, 0.2) is 11.5 Å². The Balaban J connectivity index is 1.66. The first-order valence-electron chi connectivity index (χ1n) is 11.9. The van der Waals surface area contributed by atoms with Gasteiger partial charge in [-0.3, -0.25) is 4.79 Å². The van der Waals surface area contributed by atoms with E-state index in [0.29, 0.717) is 34.8 Å². The summed E-state index contributed by atoms with van der Waals surface area (Å²) in [5, 5.41) is 14.1. The zero-order valence-corrected chi connectivity index (χ0v) is 24.7. The Kier molecular flexibility index (Phi) is 8.83. The Morgan fingerprint density at radius 2 is 1.89 bits per heavy atom. The number of benzene rings is 3. The van der Waals surface area contributed by atoms with Crippen molar-refractivity contribution in [2.24, 2.45) is 5.10 Å². The molecule has 3 aromatic carbocycles. The first-order chi connectivity index (χ1) is 18.2. The zero-order chi connectivity index (χ0) is 27.4. The average Bonchev–Trinajstić information content (AvgIpc) is 2.88. The fraction of sp³-hybridized carbons (Fsp3) is 0.214. The van der Waals surface area contributed by atoms with Crippen LogP contribution in [0.25, 0.3) is 10.9 Å². The van der Waals surface area contributed by atoms with Gasteiger partial charge in [-0.25, -0.2) is 9.78 Å². The van der Waals surface area contributed by atoms with Crippen LogP contribution in [0.2, 0.25) is 0 Å². The molecule has 0 saturated heterocycles. The summed E-state index contributed by atoms with van der Waals surface area (Å²) in [5.41, 5.74) is 2.16. The number of hydrogen-bond acceptors (Lipinski definition) is 6. The van der Waals surface area contributed by atoms with E-state index in [1.165, 1.54) is 4.68 Å². The van der Waals surface area contributed by atoms with Crippen molar-refractivity contribution in [2.45, 2.75) is 33.3 Å². The van der Waals surface area contributed by atoms with Gasteiger partial charge in [-0.15, -0.1) is 0 Å². The van der Waals surface area contributed by atoms with Gasteiger partial charge in [0.25, 0.3) is 5.56 Å². The molecule has 0 unspecified atom stereocenters. The Hall–Kier alpha value is -3.25. The van der Waals surface area contributed by atoms with Gasteiger partial charge in [0, 0.05) is 10.4 Å². The number of carboxylic acids is 1. The highest BCUT2D eigenvalue weighted by atomic mass is 127. The van der Waals surface area contributed by atoms with Crippen LogP contribution in [0.15, 0.2) is 69.0 Å². The molecule has 0 amide bonds. The smallest absolute Gasteiger partial charge is 0.335 e. The van der Waals surface area contributed by atoms with E-state index in [9.17, 15) is 9.59 Å². The van der Waals surface area contributed by atoms with Gasteiger partial charge in [-0.1, -0.05) is 41.9 Å². The average molecular weight is 690 g/mol. The highest BCUT2D eigenvalue weighted by Gasteiger charge is 2.15. The van der Waals surface area contributed by atoms with Crippen molar-refractivity contribution < 1.29 is 19.4 Å². The summed E-state index contributed by atoms with van der Waals surface area (Å²) in [6.45, 7) is 6.50. The Morgan fingerprint density at radius 1 is 1.16 bits per heavy atom. The van der Waals surface area contributed by atoms with Gasteiger partial charge in [0.2, 0.25) is 0 Å². The minimum absolute atomic E-state index is 0.0210. The molecule has 8 nitrogen and oxygen atoms in total. The third-order valence-corrected chi connectivity index (χ3v) is 6.88. The van der Waals surface area contributed by atoms with Crippen molar-refractivity contribution >= 4 is 61.6 Å². The van der Waals surface area contributed by atoms with Crippen molar-refractivity contribution in [3.05, 3.63) is 95.5 Å². The number of aromatic carboxylic acids is 1. The largest absolute Gasteiger partial charge is 0.490 e. The number of carboxylic acid groups (broad SMARTS) is 1. The molecule has 1 aromatic heterocycles. The monoisotopic (exact) mass is 689 g/mol. The summed E-state index contributed by atoms with van der Waals surface area (Å²) in [6.07, 6.45) is 1.61. The lowest BCUT2D eigenvalue weighted by Crippen LogP contribution is -2.23. The molecule has 4 aromatic rings. The number of rotatable bonds is 9. The van der Waals surface area contributed by atoms with Gasteiger partial charge < -0.3 is 14.6 Å². The van der Waals surface area contributed by atoms with Crippen LogP contribution < -0.4 is 15.0 Å². The molecule has 0 radical (unpaired) electrons. The van der Waals surface area contributed by atoms with Gasteiger partial charge in [-0.2, -0.15) is 9.78 Å². The predicted octanol–water partition coefficient (Wildman–Crippen LogP) is 6.45. The van der Waals surface area contributed by atoms with Crippen molar-refractivity contribution in [1.82, 2.24) is 9.66 Å². The SMILES string of the molecule is CCOc1cc(C=Nn2c(C(C)C)nc3ccc(Br)cc3c2=O)cc(I)c1OCc1ccc(C(=O)O)cc1. The molecule has 0 saturated carbocycles. The van der Waals surface area contributed by atoms with Gasteiger partial charge in [-0.05, 0) is 83.1 Å². The molecule has 196 valence electrons. The van der Waals surface area contributed by atoms with E-state index in [1.54, 1.807) is 36.5 Å². The number of ether oxygens (including phenoxy) is 2. The number of halogens is 2. The fourth-order valence-electron chi connectivity index (χ4n) is 3.74. The van der Waals surface area contributed by atoms with Gasteiger partial charge >= 0.3 is 5.97 Å². The second-order valence-electron chi connectivity index (χ2n) is 8.70. The molecule has 0 spiro atoms. The second-order valence-corrected chi connectivity index (χ2v) is 10.8. The van der Waals surface area contributed by atoms with Gasteiger partial charge in [0.05, 0.1) is 32.9 Å². The maximum absolute atomic E-state index is 13.3. The van der Waals surface area contributed by atoms with E-state index in [2.05, 4.69) is 48.6 Å². The Bertz CT molecular complexity index is 1580. The summed E-state index contributed by atoms with van der Waals surface area (Å²) in [4.78, 5) is 29.1. The Labute approximate surface area is 241 Å². The van der Waals surface area contributed by atoms with E-state index in [4.69, 9.17) is 14.6 Å². The molecular weight excluding hydrogens is 665 g/mol. The molecule has 10 heteroatoms. The number of nitrogens with zero attached hydrogens (tertiary/aromatic N) is 3. The van der Waals surface area contributed by atoms with Crippen molar-refractivity contribution in [3.8, 4) is 11.5 Å². The molecule has 1 N–H and O–H groups in total. The molecule has 0 fully saturated rings. The van der Waals surface area contributed by atoms with Crippen molar-refractivity contribution in [3.63, 3.8) is 0 Å². The van der Waals surface area contributed by atoms with Crippen LogP contribution in [0.4, 0.5) is 0 Å². The normalized spacial score (nSPS) is 11.4. The summed E-state index contributed by atoms with van der Waals surface area (Å²) < 4.78 is 14.8. The molecule has 38 heavy (non-hydrogen) atoms. The number of aromatic nitrogens is 2. The zero-order valence-electron chi connectivity index (χ0n) is 20.9. The molecule has 4 rings (SSSR count). The van der Waals surface area contributed by atoms with E-state index in [-0.39, 0.29) is 23.6 Å². The summed E-state index contributed by atoms with van der Waals surface area (Å²) >= 11 is 5.59. The van der Waals surface area contributed by atoms with Crippen LogP contribution in [-0.4, -0.2) is 33.6 Å². The molecule has 0 aliphatic carbocycles. The third-order valence-electron chi connectivity index (χ3n) is 5.59. The summed E-state index contributed by atoms with van der Waals surface area (Å²) in [6, 6.07) is 15.7. The quantitative estimate of drug-likeness (QED) is 0.160. The van der Waals surface area contributed by atoms with Crippen LogP contribution in [-0.2, 0) is 6.61 Å². The lowest BCUT2D eigenvalue weighted by Gasteiger charge is -2.15. The highest BCUT2D eigenvalue weighted by Crippen LogP contribution is 2.34. The number of hydrogen-bond donors (Lipinski definition) is 1. The van der Waals surface area contributed by atoms with E-state index in [0.717, 1.165) is 19.2 Å². The van der Waals surface area contributed by atoms with Crippen LogP contribution in [0.1, 0.15) is 54.0 Å². The molecule has 0 aliphatic heterocycles. The number of fused-ring (bicyclic) bond motifs is 1. The first kappa shape index (κ1) is 27.8. The third kappa shape index (κ3) is 6.24. The highest BCUT2D eigenvalue weighted by molar-refractivity contribution is 14.1. The molecule has 1 heterocycles. The standard InChI is InChI=1S/C28H25BrIN3O5/c1-4-37-24-12-18(11-22(30)25(24)38-15-17-5-7-19(8-6-17)28(35)36)14-31-33-26(16(2)3)32-23-10-9-20(29)13-21(23)27(33)34/h5-14,16H,4,15H2,1-3H3,(H,35,36). The van der Waals surface area contributed by atoms with Gasteiger partial charge in [0.1, 0.15) is 12.4 Å². The minimum atomic E-state index is -0.974. The predicted molar refractivity (Wildman–Crippen MR) is 159 cm³/mol. The van der Waals surface area contributed by atoms with Crippen molar-refractivity contribution in [2.75, 3.05) is 6.61 Å². The van der Waals surface area contributed by atoms with Crippen LogP contribution in [0.3, 0.4) is 0 Å². The van der Waals surface area contributed by atoms with E-state index in [1.807, 2.05) is 45.0 Å². The first-order valence-corrected chi connectivity index (χ1v) is 13.7. The molecule has 0 atom stereocenters. The summed E-state index contributed by atoms with van der Waals surface area (Å²) in [5.74, 6) is 0.684. The van der Waals surface area contributed by atoms with E-state index >= 15 is 0 Å². The Morgan fingerprint density at radius 3 is 2.55 bits per heavy atom. The van der Waals surface area contributed by atoms with Crippen molar-refractivity contribution in [1.29, 1.82) is 0 Å². The van der Waals surface area contributed by atoms with Crippen LogP contribution >= 0.6 is 38.5 Å². The minimum Gasteiger partial charge on any atom is -0.490 e. The molecule has 0 aliphatic rings. The lowest BCUT2D eigenvalue weighted by molar-refractivity contribution is 0.0697. The van der Waals surface area contributed by atoms with Crippen LogP contribution in [0, 0.1) is 3.57 Å². The van der Waals surface area contributed by atoms with E-state index < -0.39 is 5.97 Å². The van der Waals surface area contributed by atoms with Crippen LogP contribution in [0.5, 0.6) is 11.5 Å². The number of carbonyl (C=O) groups is 1. The lowest BCUT2D eigenvalue weighted by atomic mass is 10.1. The summed E-state index contributed by atoms with van der Waals surface area (Å²) in [7, 11) is 0. The maximum Gasteiger partial charge on any atom is 0.335 e. The second kappa shape index (κ2) is 12.1. The fourth-order valence-corrected chi connectivity index (χ4v) is 4.88. The maximum atomic E-state index is 13.3. The molecular formula is C28H25BrIN3O5. The molecule has 0 bridgehead atoms. The topological polar surface area (TPSA) is 103 Å².